The Kier molecular flexibility index (Phi) is 4.11. The third-order valence-electron chi connectivity index (χ3n) is 4.24. The Morgan fingerprint density at radius 3 is 2.76 bits per heavy atom. The fourth-order valence-corrected chi connectivity index (χ4v) is 3.92. The molecule has 0 radical (unpaired) electrons. The number of carbonyl (C=O) groups is 1. The van der Waals surface area contributed by atoms with Gasteiger partial charge in [-0.05, 0) is 42.7 Å². The molecule has 1 aromatic rings. The average molecular weight is 355 g/mol. The van der Waals surface area contributed by atoms with Gasteiger partial charge in [0.25, 0.3) is 0 Å². The molecule has 2 aliphatic rings. The van der Waals surface area contributed by atoms with E-state index in [1.165, 1.54) is 0 Å². The predicted octanol–water partition coefficient (Wildman–Crippen LogP) is 3.75. The summed E-state index contributed by atoms with van der Waals surface area (Å²) >= 11 is 3.63. The van der Waals surface area contributed by atoms with Crippen LogP contribution in [0.15, 0.2) is 10.5 Å². The van der Waals surface area contributed by atoms with Crippen molar-refractivity contribution in [3.63, 3.8) is 0 Å². The molecule has 0 aromatic heterocycles. The molecule has 1 atom stereocenters. The Bertz CT molecular complexity index is 566. The van der Waals surface area contributed by atoms with Crippen molar-refractivity contribution >= 4 is 21.9 Å². The number of halogens is 1. The van der Waals surface area contributed by atoms with E-state index < -0.39 is 5.97 Å². The first-order valence-corrected chi connectivity index (χ1v) is 8.23. The second-order valence-electron chi connectivity index (χ2n) is 5.67. The van der Waals surface area contributed by atoms with Gasteiger partial charge in [-0.3, -0.25) is 4.79 Å². The first-order valence-electron chi connectivity index (χ1n) is 7.44. The van der Waals surface area contributed by atoms with Crippen LogP contribution in [0.2, 0.25) is 0 Å². The van der Waals surface area contributed by atoms with Crippen LogP contribution in [0.1, 0.15) is 43.2 Å². The first kappa shape index (κ1) is 14.7. The Morgan fingerprint density at radius 2 is 2.14 bits per heavy atom. The minimum absolute atomic E-state index is 0.0580. The molecule has 0 spiro atoms. The predicted molar refractivity (Wildman–Crippen MR) is 82.2 cm³/mol. The molecule has 1 unspecified atom stereocenters. The topological polar surface area (TPSA) is 55.8 Å². The van der Waals surface area contributed by atoms with E-state index in [1.54, 1.807) is 0 Å². The zero-order chi connectivity index (χ0) is 15.0. The average Bonchev–Trinajstić information content (AvgIpc) is 3.28. The van der Waals surface area contributed by atoms with Crippen LogP contribution in [0.25, 0.3) is 0 Å². The number of hydrogen-bond acceptors (Lipinski definition) is 3. The van der Waals surface area contributed by atoms with Gasteiger partial charge in [0, 0.05) is 10.0 Å². The lowest BCUT2D eigenvalue weighted by Gasteiger charge is -2.27. The Hall–Kier alpha value is -1.23. The molecule has 0 saturated heterocycles. The van der Waals surface area contributed by atoms with E-state index in [9.17, 15) is 9.90 Å². The molecule has 1 heterocycles. The fourth-order valence-electron chi connectivity index (χ4n) is 3.18. The molecule has 4 nitrogen and oxygen atoms in total. The van der Waals surface area contributed by atoms with Crippen molar-refractivity contribution < 1.29 is 19.4 Å². The van der Waals surface area contributed by atoms with Crippen molar-refractivity contribution in [2.24, 2.45) is 5.92 Å². The maximum absolute atomic E-state index is 11.2. The van der Waals surface area contributed by atoms with Gasteiger partial charge >= 0.3 is 5.97 Å². The van der Waals surface area contributed by atoms with Crippen LogP contribution < -0.4 is 9.47 Å². The molecule has 1 aromatic carbocycles. The summed E-state index contributed by atoms with van der Waals surface area (Å²) in [6.07, 6.45) is 3.21. The van der Waals surface area contributed by atoms with E-state index in [-0.39, 0.29) is 12.3 Å². The van der Waals surface area contributed by atoms with Crippen molar-refractivity contribution in [2.45, 2.75) is 38.5 Å². The molecule has 3 rings (SSSR count). The van der Waals surface area contributed by atoms with Crippen LogP contribution in [-0.2, 0) is 11.2 Å². The summed E-state index contributed by atoms with van der Waals surface area (Å²) < 4.78 is 12.4. The van der Waals surface area contributed by atoms with Crippen LogP contribution in [0.4, 0.5) is 0 Å². The Morgan fingerprint density at radius 1 is 1.43 bits per heavy atom. The van der Waals surface area contributed by atoms with Crippen molar-refractivity contribution in [1.82, 2.24) is 0 Å². The highest BCUT2D eigenvalue weighted by Crippen LogP contribution is 2.51. The minimum Gasteiger partial charge on any atom is -0.486 e. The zero-order valence-electron chi connectivity index (χ0n) is 12.0. The lowest BCUT2D eigenvalue weighted by atomic mass is 9.86. The number of aliphatic carboxylic acids is 1. The Balaban J connectivity index is 2.09. The van der Waals surface area contributed by atoms with E-state index >= 15 is 0 Å². The highest BCUT2D eigenvalue weighted by molar-refractivity contribution is 9.10. The quantitative estimate of drug-likeness (QED) is 0.874. The van der Waals surface area contributed by atoms with E-state index in [2.05, 4.69) is 22.9 Å². The van der Waals surface area contributed by atoms with Gasteiger partial charge < -0.3 is 14.6 Å². The summed E-state index contributed by atoms with van der Waals surface area (Å²) in [4.78, 5) is 11.2. The van der Waals surface area contributed by atoms with Crippen molar-refractivity contribution in [3.8, 4) is 11.5 Å². The maximum atomic E-state index is 11.2. The summed E-state index contributed by atoms with van der Waals surface area (Å²) in [5.41, 5.74) is 2.20. The summed E-state index contributed by atoms with van der Waals surface area (Å²) in [6.45, 7) is 3.19. The number of benzene rings is 1. The smallest absolute Gasteiger partial charge is 0.303 e. The maximum Gasteiger partial charge on any atom is 0.303 e. The van der Waals surface area contributed by atoms with Crippen LogP contribution >= 0.6 is 15.9 Å². The molecule has 5 heteroatoms. The molecule has 1 N–H and O–H groups in total. The third kappa shape index (κ3) is 2.89. The van der Waals surface area contributed by atoms with Crippen molar-refractivity contribution in [1.29, 1.82) is 0 Å². The molecule has 1 aliphatic carbocycles. The highest BCUT2D eigenvalue weighted by atomic mass is 79.9. The van der Waals surface area contributed by atoms with Crippen LogP contribution in [0, 0.1) is 5.92 Å². The standard InChI is InChI=1S/C16H19BrO4/c1-2-10-15(11(7-14(18)19)9-3-4-9)12(17)8-13-16(10)21-6-5-20-13/h8-9,11H,2-7H2,1H3,(H,18,19). The van der Waals surface area contributed by atoms with E-state index in [0.29, 0.717) is 19.1 Å². The fraction of sp³-hybridized carbons (Fsp3) is 0.562. The molecule has 0 amide bonds. The van der Waals surface area contributed by atoms with Gasteiger partial charge in [-0.15, -0.1) is 0 Å². The van der Waals surface area contributed by atoms with Gasteiger partial charge in [-0.1, -0.05) is 22.9 Å². The molecular weight excluding hydrogens is 336 g/mol. The molecule has 1 fully saturated rings. The highest BCUT2D eigenvalue weighted by Gasteiger charge is 2.37. The number of rotatable bonds is 5. The molecule has 1 aliphatic heterocycles. The SMILES string of the molecule is CCc1c2c(cc(Br)c1C(CC(=O)O)C1CC1)OCCO2. The van der Waals surface area contributed by atoms with E-state index in [4.69, 9.17) is 9.47 Å². The van der Waals surface area contributed by atoms with Gasteiger partial charge in [0.2, 0.25) is 0 Å². The Labute approximate surface area is 132 Å². The summed E-state index contributed by atoms with van der Waals surface area (Å²) in [5.74, 6) is 1.36. The molecule has 0 bridgehead atoms. The largest absolute Gasteiger partial charge is 0.486 e. The minimum atomic E-state index is -0.740. The second kappa shape index (κ2) is 5.87. The monoisotopic (exact) mass is 354 g/mol. The van der Waals surface area contributed by atoms with Crippen molar-refractivity contribution in [3.05, 3.63) is 21.7 Å². The van der Waals surface area contributed by atoms with Crippen LogP contribution in [0.3, 0.4) is 0 Å². The van der Waals surface area contributed by atoms with Crippen LogP contribution in [0.5, 0.6) is 11.5 Å². The first-order chi connectivity index (χ1) is 10.1. The summed E-state index contributed by atoms with van der Waals surface area (Å²) in [7, 11) is 0. The molecular formula is C16H19BrO4. The summed E-state index contributed by atoms with van der Waals surface area (Å²) in [6, 6.07) is 1.93. The lowest BCUT2D eigenvalue weighted by Crippen LogP contribution is -2.19. The third-order valence-corrected chi connectivity index (χ3v) is 4.89. The van der Waals surface area contributed by atoms with Gasteiger partial charge in [0.15, 0.2) is 11.5 Å². The van der Waals surface area contributed by atoms with E-state index in [1.807, 2.05) is 6.07 Å². The number of hydrogen-bond donors (Lipinski definition) is 1. The summed E-state index contributed by atoms with van der Waals surface area (Å²) in [5, 5.41) is 9.24. The number of fused-ring (bicyclic) bond motifs is 1. The number of carboxylic acids is 1. The van der Waals surface area contributed by atoms with E-state index in [0.717, 1.165) is 46.4 Å². The van der Waals surface area contributed by atoms with Gasteiger partial charge in [0.1, 0.15) is 13.2 Å². The zero-order valence-corrected chi connectivity index (χ0v) is 13.6. The van der Waals surface area contributed by atoms with Crippen molar-refractivity contribution in [2.75, 3.05) is 13.2 Å². The van der Waals surface area contributed by atoms with Crippen LogP contribution in [-0.4, -0.2) is 24.3 Å². The molecule has 114 valence electrons. The van der Waals surface area contributed by atoms with Gasteiger partial charge in [-0.25, -0.2) is 0 Å². The normalized spacial score (nSPS) is 18.4. The van der Waals surface area contributed by atoms with Gasteiger partial charge in [-0.2, -0.15) is 0 Å². The number of ether oxygens (including phenoxy) is 2. The second-order valence-corrected chi connectivity index (χ2v) is 6.52. The molecule has 1 saturated carbocycles. The number of carboxylic acid groups (broad SMARTS) is 1. The van der Waals surface area contributed by atoms with Gasteiger partial charge in [0.05, 0.1) is 6.42 Å². The molecule has 21 heavy (non-hydrogen) atoms. The lowest BCUT2D eigenvalue weighted by molar-refractivity contribution is -0.137.